The largest absolute Gasteiger partial charge is 0.393 e. The van der Waals surface area contributed by atoms with Crippen LogP contribution in [0.5, 0.6) is 0 Å². The molecule has 0 spiro atoms. The van der Waals surface area contributed by atoms with Crippen molar-refractivity contribution in [1.82, 2.24) is 0 Å². The average Bonchev–Trinajstić information content (AvgIpc) is 1.85. The molecule has 0 aliphatic heterocycles. The maximum absolute atomic E-state index is 8.83. The topological polar surface area (TPSA) is 49.7 Å². The molecule has 0 aromatic heterocycles. The molecule has 0 aliphatic carbocycles. The summed E-state index contributed by atoms with van der Waals surface area (Å²) in [5.74, 6) is 0. The van der Waals surface area contributed by atoms with Gasteiger partial charge in [-0.3, -0.25) is 0 Å². The smallest absolute Gasteiger partial charge is 0.0534 e. The fourth-order valence-corrected chi connectivity index (χ4v) is 0.610. The Morgan fingerprint density at radius 1 is 1.00 bits per heavy atom. The van der Waals surface area contributed by atoms with Crippen LogP contribution in [0.1, 0.15) is 26.7 Å². The van der Waals surface area contributed by atoms with E-state index in [4.69, 9.17) is 14.9 Å². The summed E-state index contributed by atoms with van der Waals surface area (Å²) in [5.41, 5.74) is 0. The fourth-order valence-electron chi connectivity index (χ4n) is 0.610. The summed E-state index contributed by atoms with van der Waals surface area (Å²) in [7, 11) is 0. The van der Waals surface area contributed by atoms with Crippen LogP contribution in [0, 0.1) is 0 Å². The SMILES string of the molecule is C[C@H](O)CCOCC[C@@H](C)O. The van der Waals surface area contributed by atoms with Crippen molar-refractivity contribution in [1.29, 1.82) is 0 Å². The summed E-state index contributed by atoms with van der Waals surface area (Å²) < 4.78 is 5.14. The average molecular weight is 162 g/mol. The van der Waals surface area contributed by atoms with E-state index in [1.165, 1.54) is 0 Å². The normalized spacial score (nSPS) is 16.4. The first-order chi connectivity index (χ1) is 5.13. The molecule has 0 unspecified atom stereocenters. The van der Waals surface area contributed by atoms with Crippen molar-refractivity contribution >= 4 is 0 Å². The van der Waals surface area contributed by atoms with E-state index in [2.05, 4.69) is 0 Å². The van der Waals surface area contributed by atoms with Gasteiger partial charge in [-0.05, 0) is 26.7 Å². The quantitative estimate of drug-likeness (QED) is 0.561. The predicted octanol–water partition coefficient (Wildman–Crippen LogP) is 0.545. The Hall–Kier alpha value is -0.120. The number of hydrogen-bond acceptors (Lipinski definition) is 3. The molecule has 0 fully saturated rings. The zero-order valence-electron chi connectivity index (χ0n) is 7.29. The molecule has 0 rings (SSSR count). The third kappa shape index (κ3) is 9.88. The first-order valence-electron chi connectivity index (χ1n) is 4.06. The highest BCUT2D eigenvalue weighted by Crippen LogP contribution is 1.93. The second-order valence-electron chi connectivity index (χ2n) is 2.89. The van der Waals surface area contributed by atoms with Gasteiger partial charge in [-0.15, -0.1) is 0 Å². The van der Waals surface area contributed by atoms with Crippen LogP contribution >= 0.6 is 0 Å². The van der Waals surface area contributed by atoms with Crippen LogP contribution in [-0.4, -0.2) is 35.6 Å². The zero-order chi connectivity index (χ0) is 8.69. The van der Waals surface area contributed by atoms with Crippen LogP contribution in [0.4, 0.5) is 0 Å². The molecule has 0 aliphatic rings. The van der Waals surface area contributed by atoms with E-state index >= 15 is 0 Å². The Morgan fingerprint density at radius 2 is 1.36 bits per heavy atom. The molecule has 0 saturated heterocycles. The van der Waals surface area contributed by atoms with Crippen LogP contribution in [0.3, 0.4) is 0 Å². The molecule has 11 heavy (non-hydrogen) atoms. The molecule has 68 valence electrons. The molecule has 2 atom stereocenters. The van der Waals surface area contributed by atoms with E-state index in [0.717, 1.165) is 0 Å². The van der Waals surface area contributed by atoms with E-state index in [0.29, 0.717) is 26.1 Å². The summed E-state index contributed by atoms with van der Waals surface area (Å²) >= 11 is 0. The third-order valence-corrected chi connectivity index (χ3v) is 1.36. The van der Waals surface area contributed by atoms with Crippen LogP contribution in [0.25, 0.3) is 0 Å². The molecule has 0 amide bonds. The fraction of sp³-hybridized carbons (Fsp3) is 1.00. The van der Waals surface area contributed by atoms with Crippen molar-refractivity contribution in [3.63, 3.8) is 0 Å². The van der Waals surface area contributed by atoms with Crippen molar-refractivity contribution in [3.8, 4) is 0 Å². The van der Waals surface area contributed by atoms with Crippen LogP contribution in [-0.2, 0) is 4.74 Å². The number of ether oxygens (including phenoxy) is 1. The second kappa shape index (κ2) is 6.58. The van der Waals surface area contributed by atoms with Gasteiger partial charge < -0.3 is 14.9 Å². The van der Waals surface area contributed by atoms with Gasteiger partial charge in [0.1, 0.15) is 0 Å². The number of aliphatic hydroxyl groups is 2. The minimum atomic E-state index is -0.290. The molecule has 0 aromatic rings. The lowest BCUT2D eigenvalue weighted by atomic mass is 10.3. The molecular formula is C8H18O3. The van der Waals surface area contributed by atoms with Crippen molar-refractivity contribution in [2.24, 2.45) is 0 Å². The van der Waals surface area contributed by atoms with E-state index in [9.17, 15) is 0 Å². The molecule has 0 radical (unpaired) electrons. The lowest BCUT2D eigenvalue weighted by molar-refractivity contribution is 0.0659. The first-order valence-corrected chi connectivity index (χ1v) is 4.06. The van der Waals surface area contributed by atoms with Gasteiger partial charge in [0.2, 0.25) is 0 Å². The van der Waals surface area contributed by atoms with Gasteiger partial charge in [-0.1, -0.05) is 0 Å². The van der Waals surface area contributed by atoms with E-state index in [-0.39, 0.29) is 12.2 Å². The highest BCUT2D eigenvalue weighted by molar-refractivity contribution is 4.47. The number of aliphatic hydroxyl groups excluding tert-OH is 2. The Bertz CT molecular complexity index is 71.4. The number of rotatable bonds is 6. The van der Waals surface area contributed by atoms with Gasteiger partial charge in [0.25, 0.3) is 0 Å². The van der Waals surface area contributed by atoms with Gasteiger partial charge in [-0.25, -0.2) is 0 Å². The minimum Gasteiger partial charge on any atom is -0.393 e. The summed E-state index contributed by atoms with van der Waals surface area (Å²) in [6.45, 7) is 4.62. The third-order valence-electron chi connectivity index (χ3n) is 1.36. The summed E-state index contributed by atoms with van der Waals surface area (Å²) in [6, 6.07) is 0. The summed E-state index contributed by atoms with van der Waals surface area (Å²) in [6.07, 6.45) is 0.752. The van der Waals surface area contributed by atoms with Crippen molar-refractivity contribution in [2.45, 2.75) is 38.9 Å². The maximum atomic E-state index is 8.83. The lowest BCUT2D eigenvalue weighted by Crippen LogP contribution is -2.09. The lowest BCUT2D eigenvalue weighted by Gasteiger charge is -2.06. The van der Waals surface area contributed by atoms with E-state index in [1.807, 2.05) is 0 Å². The van der Waals surface area contributed by atoms with Gasteiger partial charge in [0.15, 0.2) is 0 Å². The van der Waals surface area contributed by atoms with Crippen molar-refractivity contribution in [3.05, 3.63) is 0 Å². The van der Waals surface area contributed by atoms with Gasteiger partial charge in [0.05, 0.1) is 12.2 Å². The maximum Gasteiger partial charge on any atom is 0.0534 e. The summed E-state index contributed by atoms with van der Waals surface area (Å²) in [4.78, 5) is 0. The van der Waals surface area contributed by atoms with Crippen LogP contribution in [0.2, 0.25) is 0 Å². The Morgan fingerprint density at radius 3 is 1.64 bits per heavy atom. The molecule has 0 saturated carbocycles. The Balaban J connectivity index is 2.91. The molecule has 3 nitrogen and oxygen atoms in total. The second-order valence-corrected chi connectivity index (χ2v) is 2.89. The van der Waals surface area contributed by atoms with Crippen molar-refractivity contribution < 1.29 is 14.9 Å². The van der Waals surface area contributed by atoms with E-state index < -0.39 is 0 Å². The molecular weight excluding hydrogens is 144 g/mol. The first kappa shape index (κ1) is 10.9. The zero-order valence-corrected chi connectivity index (χ0v) is 7.29. The molecule has 0 bridgehead atoms. The van der Waals surface area contributed by atoms with Gasteiger partial charge >= 0.3 is 0 Å². The van der Waals surface area contributed by atoms with Crippen LogP contribution < -0.4 is 0 Å². The minimum absolute atomic E-state index is 0.290. The Kier molecular flexibility index (Phi) is 6.51. The van der Waals surface area contributed by atoms with Gasteiger partial charge in [-0.2, -0.15) is 0 Å². The van der Waals surface area contributed by atoms with E-state index in [1.54, 1.807) is 13.8 Å². The molecule has 2 N–H and O–H groups in total. The molecule has 0 aromatic carbocycles. The predicted molar refractivity (Wildman–Crippen MR) is 43.4 cm³/mol. The molecule has 3 heteroatoms. The highest BCUT2D eigenvalue weighted by Gasteiger charge is 1.97. The number of hydrogen-bond donors (Lipinski definition) is 2. The standard InChI is InChI=1S/C8H18O3/c1-7(9)3-5-11-6-4-8(2)10/h7-10H,3-6H2,1-2H3/t7-,8+. The monoisotopic (exact) mass is 162 g/mol. The molecule has 0 heterocycles. The van der Waals surface area contributed by atoms with Crippen molar-refractivity contribution in [2.75, 3.05) is 13.2 Å². The Labute approximate surface area is 68.0 Å². The summed E-state index contributed by atoms with van der Waals surface area (Å²) in [5, 5.41) is 17.7. The van der Waals surface area contributed by atoms with Gasteiger partial charge in [0, 0.05) is 13.2 Å². The van der Waals surface area contributed by atoms with Crippen LogP contribution in [0.15, 0.2) is 0 Å². The highest BCUT2D eigenvalue weighted by atomic mass is 16.5.